The number of halogens is 1. The molecule has 1 N–H and O–H groups in total. The van der Waals surface area contributed by atoms with Crippen LogP contribution in [-0.2, 0) is 34.3 Å². The van der Waals surface area contributed by atoms with Crippen LogP contribution in [0, 0.1) is 5.92 Å². The minimum Gasteiger partial charge on any atom is -0.441 e. The summed E-state index contributed by atoms with van der Waals surface area (Å²) in [6, 6.07) is 13.9. The van der Waals surface area contributed by atoms with E-state index in [0.717, 1.165) is 6.42 Å². The molecule has 0 saturated carbocycles. The maximum Gasteiger partial charge on any atom is 0.304 e. The fraction of sp³-hybridized carbons (Fsp3) is 0.500. The number of carbonyl (C=O) groups is 4. The standard InChI is InChI=1S/C32H38FN3O7Si/c1-19-30(44(3,4)33)26(16-27(39)34-14-8-11-23(34)18-37)43-32(19)24-15-22(36-28(40)17-29(36)42-20(2)38)12-13-25(24)35(31(32)41)21-9-6-5-7-10-21/h5-7,9-10,12-13,15,19,23,26,29-30,37H,8,11,14,16-18H2,1-4H3/t19-,23+,26+,29?,30-,32+/m1/s1. The number of hydrogen-bond donors (Lipinski definition) is 1. The SMILES string of the molecule is CC(=O)OC1CC(=O)N1c1ccc2c(c1)[C@]1(O[C@@H](CC(=O)N3CCC[C@H]3CO)[C@H]([Si](C)(C)F)[C@H]1C)C(=O)N2c1ccccc1. The molecule has 6 atom stereocenters. The van der Waals surface area contributed by atoms with Gasteiger partial charge in [-0.15, -0.1) is 0 Å². The van der Waals surface area contributed by atoms with Gasteiger partial charge >= 0.3 is 5.97 Å². The molecule has 0 radical (unpaired) electrons. The number of likely N-dealkylation sites (tertiary alicyclic amines) is 1. The van der Waals surface area contributed by atoms with E-state index in [4.69, 9.17) is 9.47 Å². The van der Waals surface area contributed by atoms with E-state index in [1.165, 1.54) is 11.8 Å². The Hall–Kier alpha value is -3.61. The lowest BCUT2D eigenvalue weighted by Gasteiger charge is -2.39. The zero-order valence-corrected chi connectivity index (χ0v) is 26.4. The third-order valence-electron chi connectivity index (χ3n) is 9.64. The largest absolute Gasteiger partial charge is 0.441 e. The predicted octanol–water partition coefficient (Wildman–Crippen LogP) is 4.14. The molecule has 10 nitrogen and oxygen atoms in total. The van der Waals surface area contributed by atoms with Crippen LogP contribution in [0.25, 0.3) is 0 Å². The summed E-state index contributed by atoms with van der Waals surface area (Å²) in [4.78, 5) is 57.3. The molecule has 12 heteroatoms. The number of ether oxygens (including phenoxy) is 2. The van der Waals surface area contributed by atoms with Gasteiger partial charge in [0.05, 0.1) is 37.3 Å². The van der Waals surface area contributed by atoms with Crippen molar-refractivity contribution in [2.45, 2.75) is 82.1 Å². The molecule has 2 aromatic carbocycles. The first kappa shape index (κ1) is 30.4. The number of aliphatic hydroxyl groups is 1. The van der Waals surface area contributed by atoms with Crippen LogP contribution in [0.1, 0.15) is 45.1 Å². The van der Waals surface area contributed by atoms with Crippen LogP contribution in [0.5, 0.6) is 0 Å². The zero-order chi connectivity index (χ0) is 31.6. The Bertz CT molecular complexity index is 1500. The first-order valence-electron chi connectivity index (χ1n) is 15.2. The number of aliphatic hydroxyl groups excluding tert-OH is 1. The van der Waals surface area contributed by atoms with Crippen molar-refractivity contribution in [3.05, 3.63) is 54.1 Å². The van der Waals surface area contributed by atoms with Crippen LogP contribution >= 0.6 is 0 Å². The quantitative estimate of drug-likeness (QED) is 0.213. The maximum atomic E-state index is 16.3. The first-order valence-corrected chi connectivity index (χ1v) is 18.1. The lowest BCUT2D eigenvalue weighted by Crippen LogP contribution is -2.55. The fourth-order valence-corrected chi connectivity index (χ4v) is 10.3. The molecule has 6 rings (SSSR count). The Kier molecular flexibility index (Phi) is 7.66. The van der Waals surface area contributed by atoms with E-state index in [-0.39, 0.29) is 43.2 Å². The summed E-state index contributed by atoms with van der Waals surface area (Å²) in [7, 11) is -3.54. The van der Waals surface area contributed by atoms with Gasteiger partial charge in [-0.25, -0.2) is 0 Å². The monoisotopic (exact) mass is 623 g/mol. The number of benzene rings is 2. The summed E-state index contributed by atoms with van der Waals surface area (Å²) in [5.74, 6) is -2.02. The number of amides is 3. The van der Waals surface area contributed by atoms with E-state index in [9.17, 15) is 24.3 Å². The van der Waals surface area contributed by atoms with Gasteiger partial charge in [-0.2, -0.15) is 0 Å². The van der Waals surface area contributed by atoms with Gasteiger partial charge in [-0.05, 0) is 56.3 Å². The predicted molar refractivity (Wildman–Crippen MR) is 162 cm³/mol. The number of esters is 1. The Morgan fingerprint density at radius 1 is 1.14 bits per heavy atom. The van der Waals surface area contributed by atoms with Crippen LogP contribution in [0.4, 0.5) is 21.2 Å². The highest BCUT2D eigenvalue weighted by Gasteiger charge is 2.67. The van der Waals surface area contributed by atoms with Crippen LogP contribution in [-0.4, -0.2) is 73.6 Å². The second-order valence-corrected chi connectivity index (χ2v) is 16.5. The number of rotatable bonds is 7. The number of para-hydroxylation sites is 1. The Morgan fingerprint density at radius 2 is 1.86 bits per heavy atom. The second kappa shape index (κ2) is 11.1. The topological polar surface area (TPSA) is 117 Å². The Morgan fingerprint density at radius 3 is 2.50 bits per heavy atom. The van der Waals surface area contributed by atoms with Gasteiger partial charge in [0.15, 0.2) is 11.8 Å². The molecule has 4 heterocycles. The molecule has 0 bridgehead atoms. The summed E-state index contributed by atoms with van der Waals surface area (Å²) in [6.07, 6.45) is -0.234. The molecule has 3 amide bonds. The van der Waals surface area contributed by atoms with Crippen molar-refractivity contribution >= 4 is 49.2 Å². The molecule has 0 aliphatic carbocycles. The molecule has 44 heavy (non-hydrogen) atoms. The second-order valence-electron chi connectivity index (χ2n) is 12.8. The van der Waals surface area contributed by atoms with E-state index >= 15 is 4.11 Å². The van der Waals surface area contributed by atoms with E-state index in [2.05, 4.69) is 0 Å². The van der Waals surface area contributed by atoms with Crippen molar-refractivity contribution in [3.63, 3.8) is 0 Å². The van der Waals surface area contributed by atoms with Crippen molar-refractivity contribution in [3.8, 4) is 0 Å². The van der Waals surface area contributed by atoms with Crippen molar-refractivity contribution in [1.82, 2.24) is 4.90 Å². The molecule has 1 spiro atoms. The molecule has 0 aromatic heterocycles. The lowest BCUT2D eigenvalue weighted by atomic mass is 9.82. The third kappa shape index (κ3) is 4.74. The number of hydrogen-bond acceptors (Lipinski definition) is 7. The first-order chi connectivity index (χ1) is 20.9. The summed E-state index contributed by atoms with van der Waals surface area (Å²) in [5.41, 5.74) is -0.271. The van der Waals surface area contributed by atoms with E-state index in [1.54, 1.807) is 53.2 Å². The molecule has 4 aliphatic rings. The van der Waals surface area contributed by atoms with Gasteiger partial charge in [-0.3, -0.25) is 29.0 Å². The summed E-state index contributed by atoms with van der Waals surface area (Å²) in [5, 5.41) is 9.82. The number of carbonyl (C=O) groups excluding carboxylic acids is 4. The van der Waals surface area contributed by atoms with Crippen LogP contribution < -0.4 is 9.80 Å². The van der Waals surface area contributed by atoms with E-state index in [0.29, 0.717) is 35.6 Å². The molecule has 4 aliphatic heterocycles. The fourth-order valence-electron chi connectivity index (χ4n) is 7.77. The number of β-lactam (4-membered cyclic amide) rings is 1. The van der Waals surface area contributed by atoms with Crippen molar-refractivity contribution in [2.75, 3.05) is 23.0 Å². The van der Waals surface area contributed by atoms with Crippen LogP contribution in [0.2, 0.25) is 18.6 Å². The van der Waals surface area contributed by atoms with Crippen molar-refractivity contribution in [1.29, 1.82) is 0 Å². The smallest absolute Gasteiger partial charge is 0.304 e. The normalized spacial score (nSPS) is 29.8. The van der Waals surface area contributed by atoms with Gasteiger partial charge in [0.1, 0.15) is 0 Å². The average Bonchev–Trinajstić information content (AvgIpc) is 3.62. The highest BCUT2D eigenvalue weighted by Crippen LogP contribution is 2.61. The molecule has 3 fully saturated rings. The van der Waals surface area contributed by atoms with Crippen molar-refractivity contribution in [2.24, 2.45) is 5.92 Å². The lowest BCUT2D eigenvalue weighted by molar-refractivity contribution is -0.154. The molecular weight excluding hydrogens is 585 g/mol. The van der Waals surface area contributed by atoms with Crippen LogP contribution in [0.15, 0.2) is 48.5 Å². The van der Waals surface area contributed by atoms with Gasteiger partial charge in [0.25, 0.3) is 5.91 Å². The molecule has 234 valence electrons. The summed E-state index contributed by atoms with van der Waals surface area (Å²) < 4.78 is 28.4. The van der Waals surface area contributed by atoms with Crippen LogP contribution in [0.3, 0.4) is 0 Å². The van der Waals surface area contributed by atoms with Gasteiger partial charge in [0.2, 0.25) is 20.2 Å². The van der Waals surface area contributed by atoms with Gasteiger partial charge in [-0.1, -0.05) is 25.1 Å². The molecular formula is C32H38FN3O7Si. The van der Waals surface area contributed by atoms with Crippen molar-refractivity contribution < 1.29 is 37.9 Å². The Balaban J connectivity index is 1.45. The molecule has 3 saturated heterocycles. The highest BCUT2D eigenvalue weighted by molar-refractivity contribution is 6.72. The van der Waals surface area contributed by atoms with E-state index < -0.39 is 43.8 Å². The number of fused-ring (bicyclic) bond motifs is 2. The molecule has 1 unspecified atom stereocenters. The molecule has 2 aromatic rings. The van der Waals surface area contributed by atoms with Gasteiger partial charge in [0, 0.05) is 41.9 Å². The number of anilines is 3. The highest BCUT2D eigenvalue weighted by atomic mass is 28.4. The summed E-state index contributed by atoms with van der Waals surface area (Å²) in [6.45, 7) is 6.62. The minimum absolute atomic E-state index is 0.0447. The third-order valence-corrected chi connectivity index (χ3v) is 12.1. The summed E-state index contributed by atoms with van der Waals surface area (Å²) >= 11 is 0. The average molecular weight is 624 g/mol. The maximum absolute atomic E-state index is 16.3. The Labute approximate surface area is 256 Å². The van der Waals surface area contributed by atoms with E-state index in [1.807, 2.05) is 25.1 Å². The van der Waals surface area contributed by atoms with Gasteiger partial charge < -0.3 is 23.6 Å². The minimum atomic E-state index is -3.54. The zero-order valence-electron chi connectivity index (χ0n) is 25.4. The number of nitrogens with zero attached hydrogens (tertiary/aromatic N) is 3.